The zero-order chi connectivity index (χ0) is 16.8. The zero-order valence-corrected chi connectivity index (χ0v) is 13.2. The average molecular weight is 327 g/mol. The Labute approximate surface area is 138 Å². The molecule has 124 valence electrons. The van der Waals surface area contributed by atoms with Crippen molar-refractivity contribution in [3.63, 3.8) is 0 Å². The summed E-state index contributed by atoms with van der Waals surface area (Å²) < 4.78 is 6.81. The standard InChI is InChI=1S/C15H17N7O2/c1-11-18-20-21-22(11)10-8-14(23)16-9-7-13-17-15(24-19-13)12-5-3-2-4-6-12/h2-6H,7-10H2,1H3,(H,16,23). The number of nitrogens with zero attached hydrogens (tertiary/aromatic N) is 6. The summed E-state index contributed by atoms with van der Waals surface area (Å²) in [6.45, 7) is 2.69. The smallest absolute Gasteiger partial charge is 0.257 e. The van der Waals surface area contributed by atoms with Gasteiger partial charge in [0, 0.05) is 24.9 Å². The number of nitrogens with one attached hydrogen (secondary N) is 1. The van der Waals surface area contributed by atoms with Crippen molar-refractivity contribution >= 4 is 5.91 Å². The molecule has 3 aromatic rings. The van der Waals surface area contributed by atoms with E-state index in [-0.39, 0.29) is 5.91 Å². The number of tetrazole rings is 1. The van der Waals surface area contributed by atoms with Gasteiger partial charge < -0.3 is 9.84 Å². The monoisotopic (exact) mass is 327 g/mol. The number of aromatic nitrogens is 6. The topological polar surface area (TPSA) is 112 Å². The molecule has 1 aromatic carbocycles. The Morgan fingerprint density at radius 1 is 1.29 bits per heavy atom. The minimum atomic E-state index is -0.0725. The van der Waals surface area contributed by atoms with Crippen molar-refractivity contribution in [1.82, 2.24) is 35.7 Å². The number of hydrogen-bond acceptors (Lipinski definition) is 7. The predicted octanol–water partition coefficient (Wildman–Crippen LogP) is 0.781. The molecule has 0 fully saturated rings. The van der Waals surface area contributed by atoms with Crippen molar-refractivity contribution in [2.45, 2.75) is 26.3 Å². The highest BCUT2D eigenvalue weighted by Gasteiger charge is 2.09. The number of aryl methyl sites for hydroxylation is 2. The molecule has 0 aliphatic rings. The van der Waals surface area contributed by atoms with Crippen LogP contribution in [0.3, 0.4) is 0 Å². The van der Waals surface area contributed by atoms with Gasteiger partial charge in [0.25, 0.3) is 5.89 Å². The lowest BCUT2D eigenvalue weighted by molar-refractivity contribution is -0.121. The van der Waals surface area contributed by atoms with Crippen LogP contribution in [0.2, 0.25) is 0 Å². The SMILES string of the molecule is Cc1nnnn1CCC(=O)NCCc1noc(-c2ccccc2)n1. The Morgan fingerprint density at radius 2 is 2.12 bits per heavy atom. The molecule has 0 aliphatic carbocycles. The van der Waals surface area contributed by atoms with Gasteiger partial charge in [-0.05, 0) is 29.5 Å². The second kappa shape index (κ2) is 7.44. The summed E-state index contributed by atoms with van der Waals surface area (Å²) in [4.78, 5) is 16.1. The van der Waals surface area contributed by atoms with E-state index in [2.05, 4.69) is 31.0 Å². The number of benzene rings is 1. The average Bonchev–Trinajstić information content (AvgIpc) is 3.23. The maximum Gasteiger partial charge on any atom is 0.257 e. The van der Waals surface area contributed by atoms with E-state index in [9.17, 15) is 4.79 Å². The highest BCUT2D eigenvalue weighted by molar-refractivity contribution is 5.75. The fraction of sp³-hybridized carbons (Fsp3) is 0.333. The first-order chi connectivity index (χ1) is 11.7. The normalized spacial score (nSPS) is 10.7. The summed E-state index contributed by atoms with van der Waals surface area (Å²) in [6, 6.07) is 9.55. The molecule has 9 heteroatoms. The Balaban J connectivity index is 1.42. The molecule has 2 heterocycles. The van der Waals surface area contributed by atoms with E-state index in [0.717, 1.165) is 5.56 Å². The summed E-state index contributed by atoms with van der Waals surface area (Å²) in [5.41, 5.74) is 0.872. The Bertz CT molecular complexity index is 797. The van der Waals surface area contributed by atoms with Gasteiger partial charge >= 0.3 is 0 Å². The van der Waals surface area contributed by atoms with Crippen LogP contribution in [0, 0.1) is 6.92 Å². The molecule has 0 aliphatic heterocycles. The molecular formula is C15H17N7O2. The minimum absolute atomic E-state index is 0.0725. The first-order valence-electron chi connectivity index (χ1n) is 7.60. The van der Waals surface area contributed by atoms with Crippen LogP contribution in [0.5, 0.6) is 0 Å². The molecule has 1 amide bonds. The van der Waals surface area contributed by atoms with Crippen LogP contribution in [0.15, 0.2) is 34.9 Å². The molecule has 1 N–H and O–H groups in total. The van der Waals surface area contributed by atoms with Gasteiger partial charge in [0.05, 0.1) is 6.54 Å². The van der Waals surface area contributed by atoms with Crippen molar-refractivity contribution in [1.29, 1.82) is 0 Å². The molecule has 0 radical (unpaired) electrons. The number of carbonyl (C=O) groups is 1. The van der Waals surface area contributed by atoms with Gasteiger partial charge in [-0.25, -0.2) is 4.68 Å². The van der Waals surface area contributed by atoms with Gasteiger partial charge in [-0.1, -0.05) is 23.4 Å². The zero-order valence-electron chi connectivity index (χ0n) is 13.2. The van der Waals surface area contributed by atoms with Gasteiger partial charge in [-0.15, -0.1) is 5.10 Å². The maximum atomic E-state index is 11.8. The van der Waals surface area contributed by atoms with Gasteiger partial charge in [0.15, 0.2) is 5.82 Å². The van der Waals surface area contributed by atoms with Crippen molar-refractivity contribution < 1.29 is 9.32 Å². The third kappa shape index (κ3) is 4.00. The molecule has 9 nitrogen and oxygen atoms in total. The Morgan fingerprint density at radius 3 is 2.88 bits per heavy atom. The molecule has 0 saturated carbocycles. The van der Waals surface area contributed by atoms with Crippen LogP contribution >= 0.6 is 0 Å². The fourth-order valence-corrected chi connectivity index (χ4v) is 2.12. The van der Waals surface area contributed by atoms with Gasteiger partial charge in [0.2, 0.25) is 5.91 Å². The first-order valence-corrected chi connectivity index (χ1v) is 7.60. The van der Waals surface area contributed by atoms with Crippen molar-refractivity contribution in [3.05, 3.63) is 42.0 Å². The second-order valence-corrected chi connectivity index (χ2v) is 5.18. The molecule has 0 spiro atoms. The number of amides is 1. The maximum absolute atomic E-state index is 11.8. The summed E-state index contributed by atoms with van der Waals surface area (Å²) in [7, 11) is 0. The van der Waals surface area contributed by atoms with E-state index in [1.54, 1.807) is 11.6 Å². The summed E-state index contributed by atoms with van der Waals surface area (Å²) >= 11 is 0. The van der Waals surface area contributed by atoms with Crippen LogP contribution in [0.1, 0.15) is 18.1 Å². The summed E-state index contributed by atoms with van der Waals surface area (Å²) in [6.07, 6.45) is 0.819. The van der Waals surface area contributed by atoms with E-state index in [4.69, 9.17) is 4.52 Å². The van der Waals surface area contributed by atoms with Crippen molar-refractivity contribution in [2.24, 2.45) is 0 Å². The fourth-order valence-electron chi connectivity index (χ4n) is 2.12. The van der Waals surface area contributed by atoms with Crippen molar-refractivity contribution in [3.8, 4) is 11.5 Å². The van der Waals surface area contributed by atoms with Gasteiger partial charge in [0.1, 0.15) is 5.82 Å². The molecule has 24 heavy (non-hydrogen) atoms. The van der Waals surface area contributed by atoms with Crippen molar-refractivity contribution in [2.75, 3.05) is 6.54 Å². The predicted molar refractivity (Wildman–Crippen MR) is 83.6 cm³/mol. The number of carbonyl (C=O) groups excluding carboxylic acids is 1. The number of hydrogen-bond donors (Lipinski definition) is 1. The van der Waals surface area contributed by atoms with Crippen LogP contribution in [0.25, 0.3) is 11.5 Å². The Kier molecular flexibility index (Phi) is 4.90. The molecule has 0 bridgehead atoms. The highest BCUT2D eigenvalue weighted by atomic mass is 16.5. The van der Waals surface area contributed by atoms with Crippen LogP contribution in [0.4, 0.5) is 0 Å². The molecule has 0 saturated heterocycles. The molecule has 0 unspecified atom stereocenters. The van der Waals surface area contributed by atoms with E-state index < -0.39 is 0 Å². The van der Waals surface area contributed by atoms with Gasteiger partial charge in [-0.2, -0.15) is 4.98 Å². The van der Waals surface area contributed by atoms with E-state index >= 15 is 0 Å². The van der Waals surface area contributed by atoms with E-state index in [1.807, 2.05) is 30.3 Å². The quantitative estimate of drug-likeness (QED) is 0.682. The van der Waals surface area contributed by atoms with Crippen LogP contribution in [-0.4, -0.2) is 42.8 Å². The largest absolute Gasteiger partial charge is 0.356 e. The van der Waals surface area contributed by atoms with E-state index in [0.29, 0.717) is 43.5 Å². The second-order valence-electron chi connectivity index (χ2n) is 5.18. The summed E-state index contributed by atoms with van der Waals surface area (Å²) in [5, 5.41) is 17.8. The lowest BCUT2D eigenvalue weighted by Gasteiger charge is -2.03. The van der Waals surface area contributed by atoms with E-state index in [1.165, 1.54) is 0 Å². The first kappa shape index (κ1) is 15.8. The number of rotatable bonds is 7. The highest BCUT2D eigenvalue weighted by Crippen LogP contribution is 2.15. The lowest BCUT2D eigenvalue weighted by Crippen LogP contribution is -2.27. The van der Waals surface area contributed by atoms with Crippen LogP contribution < -0.4 is 5.32 Å². The van der Waals surface area contributed by atoms with Gasteiger partial charge in [-0.3, -0.25) is 4.79 Å². The molecule has 3 rings (SSSR count). The lowest BCUT2D eigenvalue weighted by atomic mass is 10.2. The molecule has 0 atom stereocenters. The Hall–Kier alpha value is -3.10. The molecule has 2 aromatic heterocycles. The summed E-state index contributed by atoms with van der Waals surface area (Å²) in [5.74, 6) is 1.65. The molecular weight excluding hydrogens is 310 g/mol. The third-order valence-electron chi connectivity index (χ3n) is 3.42. The van der Waals surface area contributed by atoms with Crippen LogP contribution in [-0.2, 0) is 17.8 Å². The minimum Gasteiger partial charge on any atom is -0.356 e. The third-order valence-corrected chi connectivity index (χ3v) is 3.42.